The molecule has 0 spiro atoms. The van der Waals surface area contributed by atoms with E-state index in [2.05, 4.69) is 4.98 Å². The summed E-state index contributed by atoms with van der Waals surface area (Å²) in [7, 11) is 1.83. The second kappa shape index (κ2) is 5.27. The van der Waals surface area contributed by atoms with Crippen molar-refractivity contribution in [3.63, 3.8) is 0 Å². The van der Waals surface area contributed by atoms with Crippen molar-refractivity contribution in [1.82, 2.24) is 4.98 Å². The summed E-state index contributed by atoms with van der Waals surface area (Å²) in [6, 6.07) is 6.65. The molecule has 0 fully saturated rings. The van der Waals surface area contributed by atoms with Gasteiger partial charge in [0.05, 0.1) is 10.6 Å². The van der Waals surface area contributed by atoms with E-state index in [-0.39, 0.29) is 5.82 Å². The van der Waals surface area contributed by atoms with Crippen LogP contribution in [0, 0.1) is 12.7 Å². The minimum Gasteiger partial charge on any atom is -0.347 e. The molecular formula is C13H13FN2OS. The van der Waals surface area contributed by atoms with Gasteiger partial charge in [0.15, 0.2) is 11.4 Å². The van der Waals surface area contributed by atoms with E-state index in [4.69, 9.17) is 0 Å². The first-order valence-electron chi connectivity index (χ1n) is 5.49. The molecule has 94 valence electrons. The monoisotopic (exact) mass is 264 g/mol. The number of halogens is 1. The fourth-order valence-corrected chi connectivity index (χ4v) is 2.46. The average Bonchev–Trinajstić information content (AvgIpc) is 2.73. The first kappa shape index (κ1) is 12.7. The number of rotatable bonds is 4. The highest BCUT2D eigenvalue weighted by molar-refractivity contribution is 7.17. The molecule has 0 saturated carbocycles. The quantitative estimate of drug-likeness (QED) is 0.796. The molecule has 0 N–H and O–H groups in total. The van der Waals surface area contributed by atoms with Crippen molar-refractivity contribution < 1.29 is 9.18 Å². The number of carbonyl (C=O) groups is 1. The zero-order chi connectivity index (χ0) is 13.1. The molecule has 0 aliphatic carbocycles. The molecule has 0 aliphatic rings. The summed E-state index contributed by atoms with van der Waals surface area (Å²) in [5, 5.41) is 0.720. The van der Waals surface area contributed by atoms with Gasteiger partial charge in [0.2, 0.25) is 0 Å². The first-order chi connectivity index (χ1) is 8.61. The first-order valence-corrected chi connectivity index (χ1v) is 6.30. The molecule has 1 aromatic carbocycles. The molecule has 1 heterocycles. The van der Waals surface area contributed by atoms with Gasteiger partial charge < -0.3 is 4.90 Å². The molecule has 0 atom stereocenters. The Labute approximate surface area is 109 Å². The number of hydrogen-bond donors (Lipinski definition) is 0. The van der Waals surface area contributed by atoms with E-state index in [1.54, 1.807) is 25.1 Å². The molecule has 0 radical (unpaired) electrons. The number of aromatic nitrogens is 1. The van der Waals surface area contributed by atoms with Crippen molar-refractivity contribution in [3.8, 4) is 0 Å². The number of thiazole rings is 1. The van der Waals surface area contributed by atoms with Gasteiger partial charge in [-0.2, -0.15) is 0 Å². The van der Waals surface area contributed by atoms with Gasteiger partial charge in [-0.25, -0.2) is 9.37 Å². The Kier molecular flexibility index (Phi) is 3.72. The lowest BCUT2D eigenvalue weighted by atomic mass is 10.2. The van der Waals surface area contributed by atoms with Crippen LogP contribution in [0.1, 0.15) is 20.9 Å². The summed E-state index contributed by atoms with van der Waals surface area (Å²) in [4.78, 5) is 17.5. The summed E-state index contributed by atoms with van der Waals surface area (Å²) in [6.45, 7) is 2.22. The maximum absolute atomic E-state index is 13.5. The fourth-order valence-electron chi connectivity index (χ4n) is 1.62. The largest absolute Gasteiger partial charge is 0.347 e. The SMILES string of the molecule is Cc1nc(N(C)Cc2ccccc2F)sc1C=O. The molecule has 2 rings (SSSR count). The molecule has 0 aliphatic heterocycles. The molecular weight excluding hydrogens is 251 g/mol. The van der Waals surface area contributed by atoms with Gasteiger partial charge in [0.25, 0.3) is 0 Å². The minimum atomic E-state index is -0.228. The van der Waals surface area contributed by atoms with Crippen LogP contribution < -0.4 is 4.90 Å². The van der Waals surface area contributed by atoms with Gasteiger partial charge in [-0.1, -0.05) is 29.5 Å². The highest BCUT2D eigenvalue weighted by atomic mass is 32.1. The Hall–Kier alpha value is -1.75. The Morgan fingerprint density at radius 2 is 2.17 bits per heavy atom. The molecule has 3 nitrogen and oxygen atoms in total. The third-order valence-corrected chi connectivity index (χ3v) is 3.82. The van der Waals surface area contributed by atoms with Crippen molar-refractivity contribution >= 4 is 22.8 Å². The van der Waals surface area contributed by atoms with Crippen molar-refractivity contribution in [2.24, 2.45) is 0 Å². The van der Waals surface area contributed by atoms with E-state index in [1.807, 2.05) is 11.9 Å². The Morgan fingerprint density at radius 1 is 1.44 bits per heavy atom. The van der Waals surface area contributed by atoms with Crippen LogP contribution in [0.25, 0.3) is 0 Å². The number of benzene rings is 1. The van der Waals surface area contributed by atoms with E-state index >= 15 is 0 Å². The number of aryl methyl sites for hydroxylation is 1. The van der Waals surface area contributed by atoms with Crippen LogP contribution in [0.2, 0.25) is 0 Å². The minimum absolute atomic E-state index is 0.228. The fraction of sp³-hybridized carbons (Fsp3) is 0.231. The van der Waals surface area contributed by atoms with E-state index in [1.165, 1.54) is 17.4 Å². The summed E-state index contributed by atoms with van der Waals surface area (Å²) in [6.07, 6.45) is 0.799. The van der Waals surface area contributed by atoms with Gasteiger partial charge in [-0.3, -0.25) is 4.79 Å². The second-order valence-electron chi connectivity index (χ2n) is 4.01. The van der Waals surface area contributed by atoms with E-state index < -0.39 is 0 Å². The van der Waals surface area contributed by atoms with Crippen molar-refractivity contribution in [2.75, 3.05) is 11.9 Å². The zero-order valence-corrected chi connectivity index (χ0v) is 11.0. The van der Waals surface area contributed by atoms with E-state index in [9.17, 15) is 9.18 Å². The predicted octanol–water partition coefficient (Wildman–Crippen LogP) is 3.04. The van der Waals surface area contributed by atoms with E-state index in [0.717, 1.165) is 11.4 Å². The van der Waals surface area contributed by atoms with Crippen LogP contribution in [-0.4, -0.2) is 18.3 Å². The number of anilines is 1. The zero-order valence-electron chi connectivity index (χ0n) is 10.2. The third kappa shape index (κ3) is 2.56. The number of carbonyl (C=O) groups excluding carboxylic acids is 1. The lowest BCUT2D eigenvalue weighted by Gasteiger charge is -2.15. The summed E-state index contributed by atoms with van der Waals surface area (Å²) in [5.74, 6) is -0.228. The normalized spacial score (nSPS) is 10.4. The lowest BCUT2D eigenvalue weighted by molar-refractivity contribution is 0.112. The Balaban J connectivity index is 2.19. The lowest BCUT2D eigenvalue weighted by Crippen LogP contribution is -2.16. The Morgan fingerprint density at radius 3 is 2.78 bits per heavy atom. The molecule has 2 aromatic rings. The van der Waals surface area contributed by atoms with Gasteiger partial charge in [0, 0.05) is 19.2 Å². The third-order valence-electron chi connectivity index (χ3n) is 2.62. The highest BCUT2D eigenvalue weighted by Gasteiger charge is 2.12. The highest BCUT2D eigenvalue weighted by Crippen LogP contribution is 2.25. The number of aldehydes is 1. The summed E-state index contributed by atoms with van der Waals surface area (Å²) in [5.41, 5.74) is 1.32. The van der Waals surface area contributed by atoms with Crippen molar-refractivity contribution in [2.45, 2.75) is 13.5 Å². The smallest absolute Gasteiger partial charge is 0.186 e. The van der Waals surface area contributed by atoms with Gasteiger partial charge in [-0.15, -0.1) is 0 Å². The molecule has 5 heteroatoms. The molecule has 0 unspecified atom stereocenters. The molecule has 1 aromatic heterocycles. The van der Waals surface area contributed by atoms with Crippen molar-refractivity contribution in [3.05, 3.63) is 46.2 Å². The van der Waals surface area contributed by atoms with Crippen LogP contribution in [0.5, 0.6) is 0 Å². The van der Waals surface area contributed by atoms with Crippen LogP contribution >= 0.6 is 11.3 Å². The summed E-state index contributed by atoms with van der Waals surface area (Å²) >= 11 is 1.32. The standard InChI is InChI=1S/C13H13FN2OS/c1-9-12(8-17)18-13(15-9)16(2)7-10-5-3-4-6-11(10)14/h3-6,8H,7H2,1-2H3. The maximum atomic E-state index is 13.5. The van der Waals surface area contributed by atoms with Gasteiger partial charge in [-0.05, 0) is 13.0 Å². The van der Waals surface area contributed by atoms with Crippen LogP contribution in [0.3, 0.4) is 0 Å². The van der Waals surface area contributed by atoms with Gasteiger partial charge >= 0.3 is 0 Å². The molecule has 18 heavy (non-hydrogen) atoms. The van der Waals surface area contributed by atoms with Gasteiger partial charge in [0.1, 0.15) is 5.82 Å². The average molecular weight is 264 g/mol. The number of nitrogens with zero attached hydrogens (tertiary/aromatic N) is 2. The summed E-state index contributed by atoms with van der Waals surface area (Å²) < 4.78 is 13.5. The topological polar surface area (TPSA) is 33.2 Å². The molecule has 0 bridgehead atoms. The van der Waals surface area contributed by atoms with Crippen LogP contribution in [0.15, 0.2) is 24.3 Å². The number of hydrogen-bond acceptors (Lipinski definition) is 4. The maximum Gasteiger partial charge on any atom is 0.186 e. The second-order valence-corrected chi connectivity index (χ2v) is 5.02. The van der Waals surface area contributed by atoms with Crippen LogP contribution in [0.4, 0.5) is 9.52 Å². The van der Waals surface area contributed by atoms with E-state index in [0.29, 0.717) is 22.7 Å². The van der Waals surface area contributed by atoms with Crippen LogP contribution in [-0.2, 0) is 6.54 Å². The molecule has 0 amide bonds. The molecule has 0 saturated heterocycles. The Bertz CT molecular complexity index is 568. The predicted molar refractivity (Wildman–Crippen MR) is 70.7 cm³/mol. The van der Waals surface area contributed by atoms with Crippen molar-refractivity contribution in [1.29, 1.82) is 0 Å².